The van der Waals surface area contributed by atoms with Crippen molar-refractivity contribution in [3.05, 3.63) is 0 Å². The van der Waals surface area contributed by atoms with Crippen LogP contribution in [0.4, 0.5) is 4.39 Å². The molecule has 3 saturated heterocycles. The van der Waals surface area contributed by atoms with Gasteiger partial charge in [-0.15, -0.1) is 11.8 Å². The molecule has 7 atom stereocenters. The van der Waals surface area contributed by atoms with Crippen LogP contribution in [-0.4, -0.2) is 103 Å². The van der Waals surface area contributed by atoms with Gasteiger partial charge in [0.25, 0.3) is 0 Å². The van der Waals surface area contributed by atoms with Gasteiger partial charge in [-0.1, -0.05) is 0 Å². The number of nitrogens with one attached hydrogen (secondary N) is 2. The SMILES string of the molecule is CN1C(O)CCC2NCC(F)C(COC3CCC(NCC4=NCC5OCSC5C4)CC3)C21. The maximum atomic E-state index is 14.8. The molecule has 1 saturated carbocycles. The first-order chi connectivity index (χ1) is 15.6. The highest BCUT2D eigenvalue weighted by Gasteiger charge is 2.46. The molecule has 9 heteroatoms. The second-order valence-electron chi connectivity index (χ2n) is 10.2. The molecule has 0 aromatic rings. The number of aliphatic hydroxyl groups excluding tert-OH is 1. The number of piperidine rings is 2. The van der Waals surface area contributed by atoms with Crippen LogP contribution < -0.4 is 10.6 Å². The number of halogens is 1. The van der Waals surface area contributed by atoms with E-state index in [1.807, 2.05) is 23.7 Å². The second-order valence-corrected chi connectivity index (χ2v) is 11.4. The number of ether oxygens (including phenoxy) is 2. The largest absolute Gasteiger partial charge is 0.378 e. The van der Waals surface area contributed by atoms with E-state index in [-0.39, 0.29) is 24.1 Å². The molecule has 7 unspecified atom stereocenters. The average molecular weight is 471 g/mol. The van der Waals surface area contributed by atoms with E-state index < -0.39 is 12.4 Å². The molecule has 4 aliphatic heterocycles. The lowest BCUT2D eigenvalue weighted by Gasteiger charge is -2.50. The van der Waals surface area contributed by atoms with Gasteiger partial charge in [0.2, 0.25) is 0 Å². The highest BCUT2D eigenvalue weighted by atomic mass is 32.2. The maximum absolute atomic E-state index is 14.8. The van der Waals surface area contributed by atoms with Crippen LogP contribution >= 0.6 is 11.8 Å². The van der Waals surface area contributed by atoms with Crippen LogP contribution in [0.15, 0.2) is 4.99 Å². The summed E-state index contributed by atoms with van der Waals surface area (Å²) < 4.78 is 26.8. The van der Waals surface area contributed by atoms with Gasteiger partial charge in [-0.25, -0.2) is 4.39 Å². The lowest BCUT2D eigenvalue weighted by atomic mass is 9.80. The number of hydrogen-bond acceptors (Lipinski definition) is 8. The highest BCUT2D eigenvalue weighted by Crippen LogP contribution is 2.34. The van der Waals surface area contributed by atoms with Crippen LogP contribution in [0.3, 0.4) is 0 Å². The summed E-state index contributed by atoms with van der Waals surface area (Å²) in [7, 11) is 1.92. The van der Waals surface area contributed by atoms with Crippen molar-refractivity contribution in [3.8, 4) is 0 Å². The normalized spacial score (nSPS) is 45.2. The zero-order valence-electron chi connectivity index (χ0n) is 19.1. The van der Waals surface area contributed by atoms with Crippen molar-refractivity contribution in [1.29, 1.82) is 0 Å². The van der Waals surface area contributed by atoms with Crippen molar-refractivity contribution in [3.63, 3.8) is 0 Å². The van der Waals surface area contributed by atoms with Crippen molar-refractivity contribution in [2.45, 2.75) is 92.9 Å². The molecule has 32 heavy (non-hydrogen) atoms. The molecular weight excluding hydrogens is 431 g/mol. The minimum Gasteiger partial charge on any atom is -0.378 e. The Balaban J connectivity index is 1.05. The Morgan fingerprint density at radius 2 is 2.12 bits per heavy atom. The number of rotatable bonds is 6. The molecule has 0 amide bonds. The molecule has 0 aromatic carbocycles. The molecule has 3 N–H and O–H groups in total. The van der Waals surface area contributed by atoms with E-state index in [9.17, 15) is 9.50 Å². The molecule has 5 aliphatic rings. The van der Waals surface area contributed by atoms with Gasteiger partial charge in [0, 0.05) is 54.5 Å². The van der Waals surface area contributed by atoms with Crippen LogP contribution in [0.2, 0.25) is 0 Å². The number of aliphatic hydroxyl groups is 1. The van der Waals surface area contributed by atoms with Gasteiger partial charge < -0.3 is 25.2 Å². The first-order valence-electron chi connectivity index (χ1n) is 12.5. The second kappa shape index (κ2) is 10.5. The topological polar surface area (TPSA) is 78.4 Å². The molecule has 4 fully saturated rings. The first-order valence-corrected chi connectivity index (χ1v) is 13.5. The average Bonchev–Trinajstić information content (AvgIpc) is 3.28. The van der Waals surface area contributed by atoms with Crippen molar-refractivity contribution in [1.82, 2.24) is 15.5 Å². The van der Waals surface area contributed by atoms with E-state index in [0.717, 1.165) is 64.0 Å². The van der Waals surface area contributed by atoms with Gasteiger partial charge in [0.05, 0.1) is 31.3 Å². The van der Waals surface area contributed by atoms with Crippen molar-refractivity contribution < 1.29 is 19.0 Å². The van der Waals surface area contributed by atoms with Gasteiger partial charge in [-0.05, 0) is 45.6 Å². The molecular formula is C23H39FN4O3S. The molecule has 5 rings (SSSR count). The molecule has 1 aliphatic carbocycles. The molecule has 182 valence electrons. The third kappa shape index (κ3) is 5.19. The van der Waals surface area contributed by atoms with Gasteiger partial charge >= 0.3 is 0 Å². The number of nitrogens with zero attached hydrogens (tertiary/aromatic N) is 2. The van der Waals surface area contributed by atoms with E-state index >= 15 is 0 Å². The fourth-order valence-corrected chi connectivity index (χ4v) is 7.33. The third-order valence-electron chi connectivity index (χ3n) is 8.27. The summed E-state index contributed by atoms with van der Waals surface area (Å²) in [4.78, 5) is 6.69. The van der Waals surface area contributed by atoms with E-state index in [2.05, 4.69) is 10.6 Å². The molecule has 0 bridgehead atoms. The Morgan fingerprint density at radius 3 is 2.97 bits per heavy atom. The standard InChI is InChI=1S/C23H39FN4O3S/c1-28-22(29)7-6-19-23(28)17(18(24)10-27-19)12-30-16-4-2-14(3-5-16)25-9-15-8-21-20(11-26-15)31-13-32-21/h14,16-23,25,27,29H,2-13H2,1H3. The number of fused-ring (bicyclic) bond motifs is 2. The monoisotopic (exact) mass is 470 g/mol. The Kier molecular flexibility index (Phi) is 7.73. The van der Waals surface area contributed by atoms with Gasteiger partial charge in [-0.2, -0.15) is 0 Å². The van der Waals surface area contributed by atoms with Crippen molar-refractivity contribution >= 4 is 17.5 Å². The number of likely N-dealkylation sites (N-methyl/N-ethyl adjacent to an activating group) is 1. The minimum absolute atomic E-state index is 0.000183. The Labute approximate surface area is 195 Å². The number of aliphatic imine (C=N–C) groups is 1. The third-order valence-corrected chi connectivity index (χ3v) is 9.44. The zero-order chi connectivity index (χ0) is 22.1. The molecule has 7 nitrogen and oxygen atoms in total. The fraction of sp³-hybridized carbons (Fsp3) is 0.957. The number of hydrogen-bond donors (Lipinski definition) is 3. The summed E-state index contributed by atoms with van der Waals surface area (Å²) in [5, 5.41) is 17.9. The van der Waals surface area contributed by atoms with Crippen molar-refractivity contribution in [2.24, 2.45) is 10.9 Å². The Bertz CT molecular complexity index is 661. The Morgan fingerprint density at radius 1 is 1.28 bits per heavy atom. The lowest BCUT2D eigenvalue weighted by molar-refractivity contribution is -0.115. The molecule has 0 radical (unpaired) electrons. The van der Waals surface area contributed by atoms with E-state index in [0.29, 0.717) is 30.5 Å². The summed E-state index contributed by atoms with van der Waals surface area (Å²) in [5.74, 6) is 0.636. The molecule has 4 heterocycles. The summed E-state index contributed by atoms with van der Waals surface area (Å²) in [6.07, 6.45) is 6.05. The number of likely N-dealkylation sites (tertiary alicyclic amines) is 1. The quantitative estimate of drug-likeness (QED) is 0.544. The van der Waals surface area contributed by atoms with E-state index in [4.69, 9.17) is 14.5 Å². The van der Waals surface area contributed by atoms with Crippen LogP contribution in [0.5, 0.6) is 0 Å². The maximum Gasteiger partial charge on any atom is 0.119 e. The number of alkyl halides is 1. The molecule has 0 aromatic heterocycles. The Hall–Kier alpha value is -0.290. The summed E-state index contributed by atoms with van der Waals surface area (Å²) >= 11 is 1.92. The smallest absolute Gasteiger partial charge is 0.119 e. The van der Waals surface area contributed by atoms with Crippen LogP contribution in [0, 0.1) is 5.92 Å². The summed E-state index contributed by atoms with van der Waals surface area (Å²) in [5.41, 5.74) is 1.29. The predicted molar refractivity (Wildman–Crippen MR) is 125 cm³/mol. The molecule has 0 spiro atoms. The van der Waals surface area contributed by atoms with Gasteiger partial charge in [-0.3, -0.25) is 9.89 Å². The van der Waals surface area contributed by atoms with Gasteiger partial charge in [0.1, 0.15) is 12.4 Å². The lowest BCUT2D eigenvalue weighted by Crippen LogP contribution is -2.66. The van der Waals surface area contributed by atoms with Crippen LogP contribution in [0.1, 0.15) is 44.9 Å². The summed E-state index contributed by atoms with van der Waals surface area (Å²) in [6, 6.07) is 0.760. The van der Waals surface area contributed by atoms with Crippen molar-refractivity contribution in [2.75, 3.05) is 39.2 Å². The van der Waals surface area contributed by atoms with E-state index in [1.54, 1.807) is 0 Å². The van der Waals surface area contributed by atoms with Crippen LogP contribution in [-0.2, 0) is 9.47 Å². The minimum atomic E-state index is -0.929. The van der Waals surface area contributed by atoms with Crippen LogP contribution in [0.25, 0.3) is 0 Å². The zero-order valence-corrected chi connectivity index (χ0v) is 19.9. The summed E-state index contributed by atoms with van der Waals surface area (Å²) in [6.45, 7) is 2.54. The first kappa shape index (κ1) is 23.5. The highest BCUT2D eigenvalue weighted by molar-refractivity contribution is 8.00. The predicted octanol–water partition coefficient (Wildman–Crippen LogP) is 1.55. The number of thioether (sulfide) groups is 1. The van der Waals surface area contributed by atoms with Gasteiger partial charge in [0.15, 0.2) is 0 Å². The fourth-order valence-electron chi connectivity index (χ4n) is 6.22. The van der Waals surface area contributed by atoms with E-state index in [1.165, 1.54) is 5.71 Å².